The lowest BCUT2D eigenvalue weighted by atomic mass is 10.1. The summed E-state index contributed by atoms with van der Waals surface area (Å²) in [6.45, 7) is 4.25. The van der Waals surface area contributed by atoms with E-state index in [4.69, 9.17) is 10.5 Å². The van der Waals surface area contributed by atoms with E-state index in [2.05, 4.69) is 4.98 Å². The Kier molecular flexibility index (Phi) is 3.14. The summed E-state index contributed by atoms with van der Waals surface area (Å²) in [5.41, 5.74) is 8.10. The number of nitrogens with two attached hydrogens (primary N) is 1. The first-order valence-electron chi connectivity index (χ1n) is 6.65. The van der Waals surface area contributed by atoms with Crippen LogP contribution in [0.25, 0.3) is 11.0 Å². The van der Waals surface area contributed by atoms with Gasteiger partial charge in [-0.3, -0.25) is 0 Å². The molecule has 1 aromatic carbocycles. The van der Waals surface area contributed by atoms with Gasteiger partial charge < -0.3 is 15.0 Å². The lowest BCUT2D eigenvalue weighted by Gasteiger charge is -2.10. The maximum Gasteiger partial charge on any atom is 0.201 e. The van der Waals surface area contributed by atoms with Gasteiger partial charge in [0, 0.05) is 25.8 Å². The SMILES string of the molecule is Cc1cc2c(cc1F)nc(N)n2CCC1CCOC1. The predicted octanol–water partition coefficient (Wildman–Crippen LogP) is 2.49. The number of nitrogen functional groups attached to an aromatic ring is 1. The third kappa shape index (κ3) is 2.30. The number of aromatic nitrogens is 2. The molecule has 0 bridgehead atoms. The van der Waals surface area contributed by atoms with Gasteiger partial charge in [0.15, 0.2) is 0 Å². The Morgan fingerprint density at radius 1 is 1.53 bits per heavy atom. The third-order valence-corrected chi connectivity index (χ3v) is 3.84. The van der Waals surface area contributed by atoms with Crippen molar-refractivity contribution >= 4 is 17.0 Å². The maximum atomic E-state index is 13.5. The maximum absolute atomic E-state index is 13.5. The van der Waals surface area contributed by atoms with E-state index in [0.29, 0.717) is 22.9 Å². The second-order valence-electron chi connectivity index (χ2n) is 5.23. The number of imidazole rings is 1. The molecule has 1 aliphatic heterocycles. The predicted molar refractivity (Wildman–Crippen MR) is 72.4 cm³/mol. The second-order valence-corrected chi connectivity index (χ2v) is 5.23. The van der Waals surface area contributed by atoms with Crippen LogP contribution in [0.3, 0.4) is 0 Å². The fourth-order valence-corrected chi connectivity index (χ4v) is 2.63. The average Bonchev–Trinajstić information content (AvgIpc) is 2.96. The quantitative estimate of drug-likeness (QED) is 0.925. The Balaban J connectivity index is 1.89. The van der Waals surface area contributed by atoms with E-state index in [9.17, 15) is 4.39 Å². The van der Waals surface area contributed by atoms with Gasteiger partial charge in [-0.2, -0.15) is 0 Å². The molecular formula is C14H18FN3O. The van der Waals surface area contributed by atoms with Crippen LogP contribution >= 0.6 is 0 Å². The monoisotopic (exact) mass is 263 g/mol. The van der Waals surface area contributed by atoms with Crippen LogP contribution < -0.4 is 5.73 Å². The molecule has 1 aliphatic rings. The van der Waals surface area contributed by atoms with Crippen LogP contribution in [0.15, 0.2) is 12.1 Å². The molecule has 1 aromatic heterocycles. The molecular weight excluding hydrogens is 245 g/mol. The molecule has 0 aliphatic carbocycles. The topological polar surface area (TPSA) is 53.1 Å². The fraction of sp³-hybridized carbons (Fsp3) is 0.500. The van der Waals surface area contributed by atoms with Crippen molar-refractivity contribution in [3.8, 4) is 0 Å². The molecule has 0 amide bonds. The Morgan fingerprint density at radius 3 is 3.11 bits per heavy atom. The highest BCUT2D eigenvalue weighted by Crippen LogP contribution is 2.24. The summed E-state index contributed by atoms with van der Waals surface area (Å²) in [5, 5.41) is 0. The molecule has 0 radical (unpaired) electrons. The number of anilines is 1. The highest BCUT2D eigenvalue weighted by atomic mass is 19.1. The molecule has 2 N–H and O–H groups in total. The van der Waals surface area contributed by atoms with Crippen molar-refractivity contribution in [1.82, 2.24) is 9.55 Å². The van der Waals surface area contributed by atoms with Crippen LogP contribution in [0.2, 0.25) is 0 Å². The van der Waals surface area contributed by atoms with E-state index < -0.39 is 0 Å². The number of hydrogen-bond donors (Lipinski definition) is 1. The molecule has 0 saturated carbocycles. The average molecular weight is 263 g/mol. The van der Waals surface area contributed by atoms with E-state index in [-0.39, 0.29) is 5.82 Å². The van der Waals surface area contributed by atoms with E-state index in [1.807, 2.05) is 10.6 Å². The van der Waals surface area contributed by atoms with Crippen molar-refractivity contribution < 1.29 is 9.13 Å². The molecule has 5 heteroatoms. The molecule has 1 saturated heterocycles. The zero-order valence-corrected chi connectivity index (χ0v) is 11.0. The number of hydrogen-bond acceptors (Lipinski definition) is 3. The standard InChI is InChI=1S/C14H18FN3O/c1-9-6-13-12(7-11(9)15)17-14(16)18(13)4-2-10-3-5-19-8-10/h6-7,10H,2-5,8H2,1H3,(H2,16,17). The van der Waals surface area contributed by atoms with Gasteiger partial charge in [-0.15, -0.1) is 0 Å². The summed E-state index contributed by atoms with van der Waals surface area (Å²) in [7, 11) is 0. The van der Waals surface area contributed by atoms with Crippen molar-refractivity contribution in [3.63, 3.8) is 0 Å². The van der Waals surface area contributed by atoms with Crippen LogP contribution in [0.5, 0.6) is 0 Å². The van der Waals surface area contributed by atoms with Gasteiger partial charge in [0.1, 0.15) is 5.82 Å². The molecule has 1 atom stereocenters. The Morgan fingerprint density at radius 2 is 2.37 bits per heavy atom. The summed E-state index contributed by atoms with van der Waals surface area (Å²) in [6, 6.07) is 3.27. The number of nitrogens with zero attached hydrogens (tertiary/aromatic N) is 2. The molecule has 3 rings (SSSR count). The highest BCUT2D eigenvalue weighted by molar-refractivity contribution is 5.79. The van der Waals surface area contributed by atoms with E-state index in [1.165, 1.54) is 6.07 Å². The lowest BCUT2D eigenvalue weighted by molar-refractivity contribution is 0.183. The minimum Gasteiger partial charge on any atom is -0.381 e. The number of ether oxygens (including phenoxy) is 1. The zero-order valence-electron chi connectivity index (χ0n) is 11.0. The Hall–Kier alpha value is -1.62. The van der Waals surface area contributed by atoms with E-state index >= 15 is 0 Å². The van der Waals surface area contributed by atoms with Crippen LogP contribution in [0.4, 0.5) is 10.3 Å². The Bertz CT molecular complexity index is 602. The summed E-state index contributed by atoms with van der Waals surface area (Å²) >= 11 is 0. The van der Waals surface area contributed by atoms with Crippen LogP contribution in [-0.2, 0) is 11.3 Å². The number of aryl methyl sites for hydroxylation is 2. The molecule has 102 valence electrons. The molecule has 2 heterocycles. The number of halogens is 1. The summed E-state index contributed by atoms with van der Waals surface area (Å²) in [5.74, 6) is 0.818. The summed E-state index contributed by atoms with van der Waals surface area (Å²) in [6.07, 6.45) is 2.13. The largest absolute Gasteiger partial charge is 0.381 e. The zero-order chi connectivity index (χ0) is 13.4. The lowest BCUT2D eigenvalue weighted by Crippen LogP contribution is -2.08. The molecule has 1 unspecified atom stereocenters. The highest BCUT2D eigenvalue weighted by Gasteiger charge is 2.17. The normalized spacial score (nSPS) is 19.4. The number of rotatable bonds is 3. The molecule has 4 nitrogen and oxygen atoms in total. The first-order chi connectivity index (χ1) is 9.15. The minimum absolute atomic E-state index is 0.235. The van der Waals surface area contributed by atoms with Gasteiger partial charge in [-0.05, 0) is 37.3 Å². The first-order valence-corrected chi connectivity index (χ1v) is 6.65. The van der Waals surface area contributed by atoms with Gasteiger partial charge in [-0.1, -0.05) is 0 Å². The molecule has 2 aromatic rings. The van der Waals surface area contributed by atoms with Crippen LogP contribution in [0.1, 0.15) is 18.4 Å². The van der Waals surface area contributed by atoms with Crippen molar-refractivity contribution in [1.29, 1.82) is 0 Å². The van der Waals surface area contributed by atoms with Gasteiger partial charge in [0.2, 0.25) is 5.95 Å². The fourth-order valence-electron chi connectivity index (χ4n) is 2.63. The smallest absolute Gasteiger partial charge is 0.201 e. The Labute approximate surface area is 111 Å². The van der Waals surface area contributed by atoms with Crippen molar-refractivity contribution in [2.45, 2.75) is 26.3 Å². The van der Waals surface area contributed by atoms with E-state index in [0.717, 1.165) is 38.1 Å². The van der Waals surface area contributed by atoms with Crippen molar-refractivity contribution in [2.24, 2.45) is 5.92 Å². The molecule has 0 spiro atoms. The first kappa shape index (κ1) is 12.4. The van der Waals surface area contributed by atoms with Gasteiger partial charge in [0.25, 0.3) is 0 Å². The second kappa shape index (κ2) is 4.81. The number of benzene rings is 1. The third-order valence-electron chi connectivity index (χ3n) is 3.84. The van der Waals surface area contributed by atoms with Crippen LogP contribution in [-0.4, -0.2) is 22.8 Å². The van der Waals surface area contributed by atoms with Gasteiger partial charge >= 0.3 is 0 Å². The van der Waals surface area contributed by atoms with Crippen molar-refractivity contribution in [2.75, 3.05) is 18.9 Å². The molecule has 1 fully saturated rings. The van der Waals surface area contributed by atoms with Gasteiger partial charge in [0.05, 0.1) is 11.0 Å². The summed E-state index contributed by atoms with van der Waals surface area (Å²) < 4.78 is 20.9. The summed E-state index contributed by atoms with van der Waals surface area (Å²) in [4.78, 5) is 4.23. The van der Waals surface area contributed by atoms with E-state index in [1.54, 1.807) is 6.92 Å². The van der Waals surface area contributed by atoms with Gasteiger partial charge in [-0.25, -0.2) is 9.37 Å². The van der Waals surface area contributed by atoms with Crippen LogP contribution in [0, 0.1) is 18.7 Å². The number of fused-ring (bicyclic) bond motifs is 1. The molecule has 19 heavy (non-hydrogen) atoms. The minimum atomic E-state index is -0.235. The van der Waals surface area contributed by atoms with Crippen molar-refractivity contribution in [3.05, 3.63) is 23.5 Å².